The lowest BCUT2D eigenvalue weighted by atomic mass is 10.3. The third-order valence-corrected chi connectivity index (χ3v) is 6.78. The molecular formula is C17H22N4O4S3. The molecule has 8 nitrogen and oxygen atoms in total. The largest absolute Gasteiger partial charge is 0.493 e. The number of rotatable bonds is 8. The number of aromatic nitrogens is 1. The average Bonchev–Trinajstić information content (AvgIpc) is 3.33. The predicted molar refractivity (Wildman–Crippen MR) is 113 cm³/mol. The van der Waals surface area contributed by atoms with Crippen molar-refractivity contribution in [3.05, 3.63) is 13.7 Å². The molecule has 0 aromatic carbocycles. The lowest BCUT2D eigenvalue weighted by Crippen LogP contribution is -2.24. The van der Waals surface area contributed by atoms with Gasteiger partial charge in [-0.05, 0) is 62.4 Å². The van der Waals surface area contributed by atoms with E-state index < -0.39 is 5.97 Å². The van der Waals surface area contributed by atoms with E-state index >= 15 is 0 Å². The molecule has 1 aromatic heterocycles. The first kappa shape index (κ1) is 21.0. The first-order valence-corrected chi connectivity index (χ1v) is 11.1. The fraction of sp³-hybridized carbons (Fsp3) is 0.529. The monoisotopic (exact) mass is 442 g/mol. The van der Waals surface area contributed by atoms with Gasteiger partial charge in [-0.2, -0.15) is 0 Å². The summed E-state index contributed by atoms with van der Waals surface area (Å²) in [5, 5.41) is 22.4. The van der Waals surface area contributed by atoms with Gasteiger partial charge in [0.1, 0.15) is 0 Å². The lowest BCUT2D eigenvalue weighted by Gasteiger charge is -2.11. The van der Waals surface area contributed by atoms with Crippen LogP contribution in [0, 0.1) is 3.95 Å². The van der Waals surface area contributed by atoms with E-state index in [0.717, 1.165) is 19.6 Å². The van der Waals surface area contributed by atoms with E-state index in [9.17, 15) is 14.7 Å². The van der Waals surface area contributed by atoms with E-state index in [1.165, 1.54) is 40.5 Å². The summed E-state index contributed by atoms with van der Waals surface area (Å²) in [5.41, 5.74) is 0. The van der Waals surface area contributed by atoms with E-state index in [1.807, 2.05) is 0 Å². The summed E-state index contributed by atoms with van der Waals surface area (Å²) < 4.78 is 1.94. The normalized spacial score (nSPS) is 20.4. The van der Waals surface area contributed by atoms with Gasteiger partial charge in [0.05, 0.1) is 16.3 Å². The highest BCUT2D eigenvalue weighted by Crippen LogP contribution is 2.33. The van der Waals surface area contributed by atoms with Crippen molar-refractivity contribution in [3.63, 3.8) is 0 Å². The number of nitrogens with zero attached hydrogens (tertiary/aromatic N) is 3. The number of thioether (sulfide) groups is 1. The van der Waals surface area contributed by atoms with E-state index in [1.54, 1.807) is 6.08 Å². The SMILES string of the molecule is O=C(O)CCCn1c(O)c(C=C2SC(=NCCN3CCCC3)NC2=O)sc1=S. The molecule has 2 aliphatic heterocycles. The first-order valence-electron chi connectivity index (χ1n) is 9.06. The van der Waals surface area contributed by atoms with Crippen molar-refractivity contribution < 1.29 is 19.8 Å². The van der Waals surface area contributed by atoms with Crippen LogP contribution in [0.15, 0.2) is 9.90 Å². The minimum atomic E-state index is -0.890. The Labute approximate surface area is 176 Å². The van der Waals surface area contributed by atoms with E-state index in [0.29, 0.717) is 38.4 Å². The quantitative estimate of drug-likeness (QED) is 0.419. The number of amidine groups is 1. The van der Waals surface area contributed by atoms with Crippen molar-refractivity contribution in [1.29, 1.82) is 0 Å². The summed E-state index contributed by atoms with van der Waals surface area (Å²) in [6, 6.07) is 0. The molecule has 1 aromatic rings. The molecule has 3 N–H and O–H groups in total. The highest BCUT2D eigenvalue weighted by atomic mass is 32.2. The summed E-state index contributed by atoms with van der Waals surface area (Å²) >= 11 is 7.69. The van der Waals surface area contributed by atoms with Crippen LogP contribution in [-0.2, 0) is 16.1 Å². The van der Waals surface area contributed by atoms with Gasteiger partial charge in [0, 0.05) is 19.5 Å². The summed E-state index contributed by atoms with van der Waals surface area (Å²) in [4.78, 5) is 30.6. The number of amides is 1. The Morgan fingerprint density at radius 2 is 2.07 bits per heavy atom. The number of carbonyl (C=O) groups excluding carboxylic acids is 1. The number of carboxylic acid groups (broad SMARTS) is 1. The Hall–Kier alpha value is -1.69. The molecular weight excluding hydrogens is 420 g/mol. The van der Waals surface area contributed by atoms with E-state index in [2.05, 4.69) is 15.2 Å². The van der Waals surface area contributed by atoms with E-state index in [4.69, 9.17) is 17.3 Å². The van der Waals surface area contributed by atoms with Crippen LogP contribution < -0.4 is 5.32 Å². The lowest BCUT2D eigenvalue weighted by molar-refractivity contribution is -0.137. The highest BCUT2D eigenvalue weighted by molar-refractivity contribution is 8.18. The number of hydrogen-bond acceptors (Lipinski definition) is 8. The van der Waals surface area contributed by atoms with Gasteiger partial charge in [0.25, 0.3) is 5.91 Å². The Morgan fingerprint density at radius 1 is 1.32 bits per heavy atom. The molecule has 2 saturated heterocycles. The molecule has 2 aliphatic rings. The number of nitrogens with one attached hydrogen (secondary N) is 1. The van der Waals surface area contributed by atoms with Crippen molar-refractivity contribution in [2.75, 3.05) is 26.2 Å². The second-order valence-corrected chi connectivity index (χ2v) is 9.21. The Kier molecular flexibility index (Phi) is 7.27. The average molecular weight is 443 g/mol. The van der Waals surface area contributed by atoms with Gasteiger partial charge in [-0.1, -0.05) is 0 Å². The van der Waals surface area contributed by atoms with Crippen molar-refractivity contribution in [3.8, 4) is 5.88 Å². The third kappa shape index (κ3) is 5.43. The van der Waals surface area contributed by atoms with Gasteiger partial charge in [-0.3, -0.25) is 19.1 Å². The van der Waals surface area contributed by atoms with Crippen molar-refractivity contribution in [2.45, 2.75) is 32.2 Å². The van der Waals surface area contributed by atoms with Gasteiger partial charge in [0.2, 0.25) is 5.88 Å². The number of aliphatic imine (C=N–C) groups is 1. The molecule has 3 rings (SSSR count). The summed E-state index contributed by atoms with van der Waals surface area (Å²) in [6.45, 7) is 4.08. The highest BCUT2D eigenvalue weighted by Gasteiger charge is 2.25. The summed E-state index contributed by atoms with van der Waals surface area (Å²) in [6.07, 6.45) is 4.45. The standard InChI is InChI=1S/C17H22N4O4S3/c22-13(23)4-3-8-21-15(25)12(28-17(21)26)10-11-14(24)19-16(27-11)18-5-9-20-6-1-2-7-20/h10,25H,1-9H2,(H,22,23)(H,18,19,24). The topological polar surface area (TPSA) is 107 Å². The van der Waals surface area contributed by atoms with Gasteiger partial charge in [-0.15, -0.1) is 11.3 Å². The zero-order chi connectivity index (χ0) is 20.1. The molecule has 0 unspecified atom stereocenters. The maximum atomic E-state index is 12.2. The molecule has 11 heteroatoms. The van der Waals surface area contributed by atoms with Crippen LogP contribution in [0.3, 0.4) is 0 Å². The number of thiazole rings is 1. The van der Waals surface area contributed by atoms with Crippen LogP contribution in [-0.4, -0.2) is 62.9 Å². The maximum Gasteiger partial charge on any atom is 0.303 e. The maximum absolute atomic E-state index is 12.2. The van der Waals surface area contributed by atoms with Crippen LogP contribution in [0.1, 0.15) is 30.6 Å². The molecule has 0 atom stereocenters. The predicted octanol–water partition coefficient (Wildman–Crippen LogP) is 2.51. The Balaban J connectivity index is 1.63. The minimum Gasteiger partial charge on any atom is -0.493 e. The van der Waals surface area contributed by atoms with Crippen LogP contribution >= 0.6 is 35.3 Å². The van der Waals surface area contributed by atoms with Crippen molar-refractivity contribution in [1.82, 2.24) is 14.8 Å². The molecule has 3 heterocycles. The molecule has 152 valence electrons. The smallest absolute Gasteiger partial charge is 0.303 e. The van der Waals surface area contributed by atoms with E-state index in [-0.39, 0.29) is 18.2 Å². The second-order valence-electron chi connectivity index (χ2n) is 6.51. The van der Waals surface area contributed by atoms with Gasteiger partial charge >= 0.3 is 5.97 Å². The zero-order valence-electron chi connectivity index (χ0n) is 15.2. The molecule has 28 heavy (non-hydrogen) atoms. The molecule has 0 aliphatic carbocycles. The first-order chi connectivity index (χ1) is 13.4. The molecule has 0 radical (unpaired) electrons. The second kappa shape index (κ2) is 9.68. The van der Waals surface area contributed by atoms with Crippen LogP contribution in [0.2, 0.25) is 0 Å². The van der Waals surface area contributed by atoms with Gasteiger partial charge < -0.3 is 20.4 Å². The van der Waals surface area contributed by atoms with Crippen LogP contribution in [0.4, 0.5) is 0 Å². The number of likely N-dealkylation sites (tertiary alicyclic amines) is 1. The number of aliphatic carboxylic acids is 1. The van der Waals surface area contributed by atoms with Crippen LogP contribution in [0.5, 0.6) is 5.88 Å². The Morgan fingerprint density at radius 3 is 2.79 bits per heavy atom. The molecule has 0 bridgehead atoms. The van der Waals surface area contributed by atoms with Crippen LogP contribution in [0.25, 0.3) is 6.08 Å². The van der Waals surface area contributed by atoms with Crippen molar-refractivity contribution in [2.24, 2.45) is 4.99 Å². The van der Waals surface area contributed by atoms with Gasteiger partial charge in [0.15, 0.2) is 9.12 Å². The molecule has 2 fully saturated rings. The molecule has 0 saturated carbocycles. The molecule has 1 amide bonds. The number of aromatic hydroxyl groups is 1. The summed E-state index contributed by atoms with van der Waals surface area (Å²) in [5.74, 6) is -1.18. The van der Waals surface area contributed by atoms with Gasteiger partial charge in [-0.25, -0.2) is 0 Å². The fourth-order valence-electron chi connectivity index (χ4n) is 3.01. The Bertz CT molecular complexity index is 868. The molecule has 0 spiro atoms. The number of carboxylic acids is 1. The fourth-order valence-corrected chi connectivity index (χ4v) is 5.22. The number of carbonyl (C=O) groups is 2. The minimum absolute atomic E-state index is 0.00297. The zero-order valence-corrected chi connectivity index (χ0v) is 17.7. The van der Waals surface area contributed by atoms with Crippen molar-refractivity contribution >= 4 is 58.4 Å². The third-order valence-electron chi connectivity index (χ3n) is 4.45. The number of hydrogen-bond donors (Lipinski definition) is 3. The summed E-state index contributed by atoms with van der Waals surface area (Å²) in [7, 11) is 0.